The van der Waals surface area contributed by atoms with Crippen molar-refractivity contribution in [1.29, 1.82) is 0 Å². The van der Waals surface area contributed by atoms with Gasteiger partial charge in [0.2, 0.25) is 0 Å². The summed E-state index contributed by atoms with van der Waals surface area (Å²) in [7, 11) is 0. The molecule has 90 valence electrons. The van der Waals surface area contributed by atoms with Crippen molar-refractivity contribution in [1.82, 2.24) is 0 Å². The van der Waals surface area contributed by atoms with Crippen LogP contribution in [-0.2, 0) is 9.53 Å². The van der Waals surface area contributed by atoms with Gasteiger partial charge in [0.05, 0.1) is 6.61 Å². The lowest BCUT2D eigenvalue weighted by Crippen LogP contribution is -2.01. The number of rotatable bonds is 3. The minimum absolute atomic E-state index is 0.0880. The van der Waals surface area contributed by atoms with Crippen molar-refractivity contribution in [3.05, 3.63) is 35.4 Å². The SMILES string of the molecule is CCCC(=O)OCC.Cc1ccc(C)cc1. The summed E-state index contributed by atoms with van der Waals surface area (Å²) in [5, 5.41) is 0. The van der Waals surface area contributed by atoms with Crippen molar-refractivity contribution >= 4 is 5.97 Å². The highest BCUT2D eigenvalue weighted by molar-refractivity contribution is 5.69. The van der Waals surface area contributed by atoms with E-state index in [1.807, 2.05) is 13.8 Å². The number of carbonyl (C=O) groups is 1. The van der Waals surface area contributed by atoms with E-state index in [0.29, 0.717) is 13.0 Å². The molecule has 2 heteroatoms. The quantitative estimate of drug-likeness (QED) is 0.730. The Labute approximate surface area is 98.6 Å². The molecule has 0 spiro atoms. The molecule has 1 aromatic rings. The van der Waals surface area contributed by atoms with Gasteiger partial charge in [0.15, 0.2) is 0 Å². The van der Waals surface area contributed by atoms with Gasteiger partial charge < -0.3 is 4.74 Å². The number of esters is 1. The summed E-state index contributed by atoms with van der Waals surface area (Å²) >= 11 is 0. The number of aryl methyl sites for hydroxylation is 2. The predicted molar refractivity (Wildman–Crippen MR) is 67.5 cm³/mol. The first-order valence-electron chi connectivity index (χ1n) is 5.79. The minimum Gasteiger partial charge on any atom is -0.466 e. The maximum atomic E-state index is 10.4. The van der Waals surface area contributed by atoms with Gasteiger partial charge in [-0.05, 0) is 27.2 Å². The Morgan fingerprint density at radius 2 is 1.50 bits per heavy atom. The van der Waals surface area contributed by atoms with Crippen molar-refractivity contribution in [2.75, 3.05) is 6.61 Å². The normalized spacial score (nSPS) is 9.00. The molecular weight excluding hydrogens is 200 g/mol. The Morgan fingerprint density at radius 1 is 1.06 bits per heavy atom. The van der Waals surface area contributed by atoms with E-state index in [1.165, 1.54) is 11.1 Å². The van der Waals surface area contributed by atoms with Gasteiger partial charge in [-0.1, -0.05) is 42.3 Å². The molecule has 0 N–H and O–H groups in total. The number of carbonyl (C=O) groups excluding carboxylic acids is 1. The zero-order valence-corrected chi connectivity index (χ0v) is 10.7. The Morgan fingerprint density at radius 3 is 1.81 bits per heavy atom. The predicted octanol–water partition coefficient (Wildman–Crippen LogP) is 3.65. The fraction of sp³-hybridized carbons (Fsp3) is 0.500. The summed E-state index contributed by atoms with van der Waals surface area (Å²) in [6.45, 7) is 8.46. The highest BCUT2D eigenvalue weighted by Crippen LogP contribution is 1.99. The van der Waals surface area contributed by atoms with E-state index in [-0.39, 0.29) is 5.97 Å². The molecule has 0 aliphatic rings. The number of ether oxygens (including phenoxy) is 1. The zero-order valence-electron chi connectivity index (χ0n) is 10.7. The topological polar surface area (TPSA) is 26.3 Å². The van der Waals surface area contributed by atoms with Gasteiger partial charge in [0.1, 0.15) is 0 Å². The van der Waals surface area contributed by atoms with Crippen molar-refractivity contribution in [2.45, 2.75) is 40.5 Å². The van der Waals surface area contributed by atoms with Crippen LogP contribution in [0.1, 0.15) is 37.8 Å². The van der Waals surface area contributed by atoms with Gasteiger partial charge in [-0.25, -0.2) is 0 Å². The van der Waals surface area contributed by atoms with E-state index in [0.717, 1.165) is 6.42 Å². The molecule has 0 saturated carbocycles. The second kappa shape index (κ2) is 8.96. The van der Waals surface area contributed by atoms with Gasteiger partial charge in [0, 0.05) is 6.42 Å². The lowest BCUT2D eigenvalue weighted by Gasteiger charge is -1.96. The molecule has 0 aliphatic heterocycles. The molecule has 0 atom stereocenters. The zero-order chi connectivity index (χ0) is 12.4. The van der Waals surface area contributed by atoms with E-state index < -0.39 is 0 Å². The smallest absolute Gasteiger partial charge is 0.305 e. The van der Waals surface area contributed by atoms with Crippen molar-refractivity contribution in [2.24, 2.45) is 0 Å². The molecule has 2 nitrogen and oxygen atoms in total. The molecular formula is C14H22O2. The van der Waals surface area contributed by atoms with Gasteiger partial charge >= 0.3 is 5.97 Å². The van der Waals surface area contributed by atoms with E-state index in [1.54, 1.807) is 0 Å². The van der Waals surface area contributed by atoms with Crippen LogP contribution in [0.3, 0.4) is 0 Å². The minimum atomic E-state index is -0.0880. The van der Waals surface area contributed by atoms with Crippen LogP contribution in [0, 0.1) is 13.8 Å². The Kier molecular flexibility index (Phi) is 8.22. The van der Waals surface area contributed by atoms with E-state index >= 15 is 0 Å². The number of hydrogen-bond donors (Lipinski definition) is 0. The molecule has 0 unspecified atom stereocenters. The Hall–Kier alpha value is -1.31. The van der Waals surface area contributed by atoms with Crippen LogP contribution in [0.2, 0.25) is 0 Å². The molecule has 0 aromatic heterocycles. The molecule has 0 heterocycles. The lowest BCUT2D eigenvalue weighted by molar-refractivity contribution is -0.143. The van der Waals surface area contributed by atoms with Crippen molar-refractivity contribution in [3.8, 4) is 0 Å². The van der Waals surface area contributed by atoms with Crippen LogP contribution >= 0.6 is 0 Å². The fourth-order valence-corrected chi connectivity index (χ4v) is 1.07. The molecule has 0 fully saturated rings. The largest absolute Gasteiger partial charge is 0.466 e. The van der Waals surface area contributed by atoms with E-state index in [4.69, 9.17) is 0 Å². The van der Waals surface area contributed by atoms with Crippen LogP contribution in [0.15, 0.2) is 24.3 Å². The average Bonchev–Trinajstić information content (AvgIpc) is 2.24. The van der Waals surface area contributed by atoms with Crippen LogP contribution < -0.4 is 0 Å². The van der Waals surface area contributed by atoms with Crippen LogP contribution in [0.5, 0.6) is 0 Å². The van der Waals surface area contributed by atoms with Gasteiger partial charge in [-0.15, -0.1) is 0 Å². The Bertz CT molecular complexity index is 259. The average molecular weight is 222 g/mol. The molecule has 0 radical (unpaired) electrons. The van der Waals surface area contributed by atoms with E-state index in [9.17, 15) is 4.79 Å². The summed E-state index contributed by atoms with van der Waals surface area (Å²) in [6, 6.07) is 8.48. The highest BCUT2D eigenvalue weighted by atomic mass is 16.5. The molecule has 0 saturated heterocycles. The first kappa shape index (κ1) is 14.7. The molecule has 0 bridgehead atoms. The molecule has 0 amide bonds. The standard InChI is InChI=1S/C8H10.C6H12O2/c1-7-3-5-8(2)6-4-7;1-3-5-6(7)8-4-2/h3-6H,1-2H3;3-5H2,1-2H3. The summed E-state index contributed by atoms with van der Waals surface area (Å²) in [5.74, 6) is -0.0880. The van der Waals surface area contributed by atoms with E-state index in [2.05, 4.69) is 42.8 Å². The third-order valence-corrected chi connectivity index (χ3v) is 1.98. The van der Waals surface area contributed by atoms with Gasteiger partial charge in [0.25, 0.3) is 0 Å². The molecule has 0 aliphatic carbocycles. The summed E-state index contributed by atoms with van der Waals surface area (Å²) in [4.78, 5) is 10.4. The molecule has 1 rings (SSSR count). The van der Waals surface area contributed by atoms with Crippen LogP contribution in [0.4, 0.5) is 0 Å². The number of benzene rings is 1. The summed E-state index contributed by atoms with van der Waals surface area (Å²) in [5.41, 5.74) is 2.66. The second-order valence-electron chi connectivity index (χ2n) is 3.71. The number of hydrogen-bond acceptors (Lipinski definition) is 2. The summed E-state index contributed by atoms with van der Waals surface area (Å²) < 4.78 is 4.64. The van der Waals surface area contributed by atoms with Gasteiger partial charge in [-0.3, -0.25) is 4.79 Å². The third-order valence-electron chi connectivity index (χ3n) is 1.98. The maximum absolute atomic E-state index is 10.4. The molecule has 1 aromatic carbocycles. The Balaban J connectivity index is 0.000000281. The van der Waals surface area contributed by atoms with Crippen molar-refractivity contribution in [3.63, 3.8) is 0 Å². The van der Waals surface area contributed by atoms with Crippen LogP contribution in [0.25, 0.3) is 0 Å². The monoisotopic (exact) mass is 222 g/mol. The highest BCUT2D eigenvalue weighted by Gasteiger charge is 1.95. The first-order chi connectivity index (χ1) is 7.60. The van der Waals surface area contributed by atoms with Gasteiger partial charge in [-0.2, -0.15) is 0 Å². The summed E-state index contributed by atoms with van der Waals surface area (Å²) in [6.07, 6.45) is 1.42. The van der Waals surface area contributed by atoms with Crippen LogP contribution in [-0.4, -0.2) is 12.6 Å². The second-order valence-corrected chi connectivity index (χ2v) is 3.71. The van der Waals surface area contributed by atoms with Crippen molar-refractivity contribution < 1.29 is 9.53 Å². The lowest BCUT2D eigenvalue weighted by atomic mass is 10.2. The fourth-order valence-electron chi connectivity index (χ4n) is 1.07. The first-order valence-corrected chi connectivity index (χ1v) is 5.79. The maximum Gasteiger partial charge on any atom is 0.305 e. The third kappa shape index (κ3) is 8.04. The molecule has 16 heavy (non-hydrogen) atoms.